The second-order valence-corrected chi connectivity index (χ2v) is 8.83. The average Bonchev–Trinajstić information content (AvgIpc) is 2.90. The van der Waals surface area contributed by atoms with E-state index < -0.39 is 77.1 Å². The highest BCUT2D eigenvalue weighted by Crippen LogP contribution is 2.38. The van der Waals surface area contributed by atoms with E-state index in [-0.39, 0.29) is 22.7 Å². The van der Waals surface area contributed by atoms with E-state index >= 15 is 0 Å². The molecule has 208 valence electrons. The van der Waals surface area contributed by atoms with Crippen molar-refractivity contribution >= 4 is 16.9 Å². The highest BCUT2D eigenvalue weighted by atomic mass is 16.7. The van der Waals surface area contributed by atoms with Crippen molar-refractivity contribution in [3.63, 3.8) is 0 Å². The summed E-state index contributed by atoms with van der Waals surface area (Å²) in [4.78, 5) is 24.7. The number of allylic oxidation sites excluding steroid dienone is 1. The van der Waals surface area contributed by atoms with Crippen molar-refractivity contribution in [2.45, 2.75) is 44.6 Å². The van der Waals surface area contributed by atoms with Gasteiger partial charge in [0.15, 0.2) is 17.3 Å². The molecule has 13 nitrogen and oxygen atoms in total. The number of carbonyl (C=O) groups is 1. The highest BCUT2D eigenvalue weighted by Gasteiger charge is 2.45. The molecule has 7 N–H and O–H groups in total. The van der Waals surface area contributed by atoms with E-state index in [1.807, 2.05) is 0 Å². The lowest BCUT2D eigenvalue weighted by molar-refractivity contribution is -0.278. The number of esters is 1. The minimum absolute atomic E-state index is 0.0290. The molecule has 5 atom stereocenters. The van der Waals surface area contributed by atoms with Gasteiger partial charge in [0, 0.05) is 23.3 Å². The Hall–Kier alpha value is -4.30. The third-order valence-corrected chi connectivity index (χ3v) is 6.22. The van der Waals surface area contributed by atoms with Gasteiger partial charge in [0.25, 0.3) is 0 Å². The van der Waals surface area contributed by atoms with Crippen LogP contribution in [0, 0.1) is 0 Å². The molecule has 0 amide bonds. The quantitative estimate of drug-likeness (QED) is 0.130. The Morgan fingerprint density at radius 3 is 2.36 bits per heavy atom. The summed E-state index contributed by atoms with van der Waals surface area (Å²) in [6.07, 6.45) is -6.56. The number of fused-ring (bicyclic) bond motifs is 1. The molecule has 3 aromatic rings. The number of hydrogen-bond acceptors (Lipinski definition) is 13. The predicted octanol–water partition coefficient (Wildman–Crippen LogP) is 0.978. The van der Waals surface area contributed by atoms with Crippen molar-refractivity contribution in [2.75, 3.05) is 6.61 Å². The SMILES string of the molecule is CC=C(C)C(=O)OCC1OC(Oc2cc(O)c3c(=O)c(O)c(-c4ccc(O)c(O)c4)oc3c2)C(O)C(O)C1O. The van der Waals surface area contributed by atoms with E-state index in [9.17, 15) is 45.3 Å². The Labute approximate surface area is 220 Å². The number of aliphatic hydroxyl groups excluding tert-OH is 3. The van der Waals surface area contributed by atoms with Crippen LogP contribution in [0.4, 0.5) is 0 Å². The fourth-order valence-corrected chi connectivity index (χ4v) is 3.87. The van der Waals surface area contributed by atoms with Crippen LogP contribution in [0.5, 0.6) is 28.7 Å². The van der Waals surface area contributed by atoms with Crippen molar-refractivity contribution in [3.05, 3.63) is 52.2 Å². The van der Waals surface area contributed by atoms with Crippen LogP contribution in [-0.2, 0) is 14.3 Å². The molecule has 2 aromatic carbocycles. The summed E-state index contributed by atoms with van der Waals surface area (Å²) in [6.45, 7) is 2.67. The van der Waals surface area contributed by atoms with E-state index in [0.717, 1.165) is 24.3 Å². The van der Waals surface area contributed by atoms with Crippen molar-refractivity contribution in [1.82, 2.24) is 0 Å². The Balaban J connectivity index is 1.65. The number of ether oxygens (including phenoxy) is 3. The molecule has 5 unspecified atom stereocenters. The molecule has 0 aliphatic carbocycles. The van der Waals surface area contributed by atoms with Crippen LogP contribution in [-0.4, -0.2) is 79.0 Å². The van der Waals surface area contributed by atoms with Gasteiger partial charge in [0.2, 0.25) is 17.5 Å². The summed E-state index contributed by atoms with van der Waals surface area (Å²) in [7, 11) is 0. The maximum atomic E-state index is 12.8. The summed E-state index contributed by atoms with van der Waals surface area (Å²) in [5.41, 5.74) is -0.946. The highest BCUT2D eigenvalue weighted by molar-refractivity contribution is 5.88. The number of carbonyl (C=O) groups excluding carboxylic acids is 1. The van der Waals surface area contributed by atoms with Crippen molar-refractivity contribution in [2.24, 2.45) is 0 Å². The summed E-state index contributed by atoms with van der Waals surface area (Å²) < 4.78 is 21.8. The van der Waals surface area contributed by atoms with Crippen molar-refractivity contribution < 1.29 is 59.2 Å². The molecule has 39 heavy (non-hydrogen) atoms. The largest absolute Gasteiger partial charge is 0.507 e. The molecule has 0 spiro atoms. The summed E-state index contributed by atoms with van der Waals surface area (Å²) in [6, 6.07) is 5.53. The van der Waals surface area contributed by atoms with Crippen molar-refractivity contribution in [3.8, 4) is 40.1 Å². The van der Waals surface area contributed by atoms with Gasteiger partial charge in [-0.3, -0.25) is 4.79 Å². The zero-order chi connectivity index (χ0) is 28.6. The third kappa shape index (κ3) is 5.33. The van der Waals surface area contributed by atoms with Gasteiger partial charge >= 0.3 is 5.97 Å². The van der Waals surface area contributed by atoms with Gasteiger partial charge in [-0.2, -0.15) is 0 Å². The number of rotatable bonds is 6. The number of phenolic OH excluding ortho intramolecular Hbond substituents is 3. The van der Waals surface area contributed by atoms with E-state index in [0.29, 0.717) is 5.57 Å². The smallest absolute Gasteiger partial charge is 0.333 e. The molecule has 1 saturated heterocycles. The Bertz CT molecular complexity index is 1490. The minimum atomic E-state index is -1.77. The van der Waals surface area contributed by atoms with Gasteiger partial charge in [-0.05, 0) is 32.0 Å². The first-order valence-corrected chi connectivity index (χ1v) is 11.6. The second kappa shape index (κ2) is 10.8. The Morgan fingerprint density at radius 2 is 1.69 bits per heavy atom. The minimum Gasteiger partial charge on any atom is -0.507 e. The maximum absolute atomic E-state index is 12.8. The summed E-state index contributed by atoms with van der Waals surface area (Å²) >= 11 is 0. The van der Waals surface area contributed by atoms with Crippen LogP contribution in [0.3, 0.4) is 0 Å². The maximum Gasteiger partial charge on any atom is 0.333 e. The van der Waals surface area contributed by atoms with Crippen LogP contribution in [0.25, 0.3) is 22.3 Å². The molecular weight excluding hydrogens is 520 g/mol. The van der Waals surface area contributed by atoms with Gasteiger partial charge in [0.1, 0.15) is 53.5 Å². The van der Waals surface area contributed by atoms with E-state index in [1.54, 1.807) is 6.92 Å². The summed E-state index contributed by atoms with van der Waals surface area (Å²) in [5.74, 6) is -3.79. The van der Waals surface area contributed by atoms with Gasteiger partial charge in [-0.15, -0.1) is 0 Å². The average molecular weight is 546 g/mol. The normalized spacial score (nSPS) is 23.5. The Kier molecular flexibility index (Phi) is 7.70. The molecule has 13 heteroatoms. The molecule has 1 fully saturated rings. The molecular formula is C26H26O13. The standard InChI is InChI=1S/C26H26O13/c1-3-10(2)25(35)36-9-17-19(30)21(32)23(34)26(39-17)37-12-7-15(29)18-16(8-12)38-24(22(33)20(18)31)11-4-5-13(27)14(28)6-11/h3-8,17,19,21,23,26-30,32-34H,9H2,1-2H3. The molecule has 0 radical (unpaired) electrons. The number of phenols is 3. The number of hydrogen-bond donors (Lipinski definition) is 7. The predicted molar refractivity (Wildman–Crippen MR) is 132 cm³/mol. The molecule has 4 rings (SSSR count). The fourth-order valence-electron chi connectivity index (χ4n) is 3.87. The topological polar surface area (TPSA) is 217 Å². The molecule has 0 saturated carbocycles. The van der Waals surface area contributed by atoms with Gasteiger partial charge in [-0.25, -0.2) is 4.79 Å². The van der Waals surface area contributed by atoms with Crippen LogP contribution < -0.4 is 10.2 Å². The fraction of sp³-hybridized carbons (Fsp3) is 0.308. The van der Waals surface area contributed by atoms with Gasteiger partial charge in [-0.1, -0.05) is 6.08 Å². The van der Waals surface area contributed by atoms with Crippen molar-refractivity contribution in [1.29, 1.82) is 0 Å². The zero-order valence-electron chi connectivity index (χ0n) is 20.6. The van der Waals surface area contributed by atoms with Crippen LogP contribution in [0.2, 0.25) is 0 Å². The first-order chi connectivity index (χ1) is 18.4. The lowest BCUT2D eigenvalue weighted by Crippen LogP contribution is -2.60. The number of aliphatic hydroxyl groups is 3. The van der Waals surface area contributed by atoms with Crippen LogP contribution >= 0.6 is 0 Å². The van der Waals surface area contributed by atoms with E-state index in [4.69, 9.17) is 18.6 Å². The molecule has 2 heterocycles. The lowest BCUT2D eigenvalue weighted by atomic mass is 9.99. The van der Waals surface area contributed by atoms with E-state index in [2.05, 4.69) is 0 Å². The first kappa shape index (κ1) is 27.7. The monoisotopic (exact) mass is 546 g/mol. The van der Waals surface area contributed by atoms with Gasteiger partial charge < -0.3 is 54.4 Å². The van der Waals surface area contributed by atoms with Crippen LogP contribution in [0.1, 0.15) is 13.8 Å². The third-order valence-electron chi connectivity index (χ3n) is 6.22. The number of aromatic hydroxyl groups is 4. The van der Waals surface area contributed by atoms with E-state index in [1.165, 1.54) is 19.1 Å². The molecule has 1 aliphatic rings. The first-order valence-electron chi connectivity index (χ1n) is 11.6. The lowest BCUT2D eigenvalue weighted by Gasteiger charge is -2.39. The molecule has 0 bridgehead atoms. The van der Waals surface area contributed by atoms with Crippen LogP contribution in [0.15, 0.2) is 51.2 Å². The molecule has 1 aromatic heterocycles. The molecule has 1 aliphatic heterocycles. The second-order valence-electron chi connectivity index (χ2n) is 8.83. The summed E-state index contributed by atoms with van der Waals surface area (Å²) in [5, 5.41) is 70.8. The number of benzene rings is 2. The van der Waals surface area contributed by atoms with Gasteiger partial charge in [0.05, 0.1) is 0 Å². The Morgan fingerprint density at radius 1 is 0.974 bits per heavy atom. The zero-order valence-corrected chi connectivity index (χ0v) is 20.6.